The monoisotopic (exact) mass is 357 g/mol. The van der Waals surface area contributed by atoms with Gasteiger partial charge in [-0.25, -0.2) is 0 Å². The third-order valence-electron chi connectivity index (χ3n) is 6.57. The van der Waals surface area contributed by atoms with E-state index in [2.05, 4.69) is 36.3 Å². The van der Waals surface area contributed by atoms with Gasteiger partial charge in [0, 0.05) is 44.1 Å². The van der Waals surface area contributed by atoms with Crippen LogP contribution >= 0.6 is 0 Å². The molecule has 1 aromatic carbocycles. The molecule has 0 amide bonds. The zero-order valence-electron chi connectivity index (χ0n) is 16.2. The van der Waals surface area contributed by atoms with Gasteiger partial charge in [0.25, 0.3) is 0 Å². The first-order valence-electron chi connectivity index (χ1n) is 9.94. The smallest absolute Gasteiger partial charge is 0.194 e. The molecule has 5 heteroatoms. The predicted molar refractivity (Wildman–Crippen MR) is 103 cm³/mol. The van der Waals surface area contributed by atoms with E-state index in [0.29, 0.717) is 23.5 Å². The number of fused-ring (bicyclic) bond motifs is 2. The van der Waals surface area contributed by atoms with Gasteiger partial charge in [0.05, 0.1) is 13.2 Å². The van der Waals surface area contributed by atoms with Gasteiger partial charge in [-0.1, -0.05) is 18.6 Å². The second kappa shape index (κ2) is 7.10. The van der Waals surface area contributed by atoms with E-state index in [9.17, 15) is 0 Å². The van der Waals surface area contributed by atoms with E-state index in [1.807, 2.05) is 12.1 Å². The number of hydrogen-bond acceptors (Lipinski definition) is 3. The van der Waals surface area contributed by atoms with Crippen molar-refractivity contribution in [3.63, 3.8) is 0 Å². The molecule has 4 rings (SSSR count). The maximum absolute atomic E-state index is 6.05. The quantitative estimate of drug-likeness (QED) is 0.650. The largest absolute Gasteiger partial charge is 0.497 e. The molecular weight excluding hydrogens is 326 g/mol. The molecule has 3 fully saturated rings. The van der Waals surface area contributed by atoms with E-state index in [1.165, 1.54) is 31.2 Å². The standard InChI is InChI=1S/C21H31N3O2/c1-4-22-20(24(2)14-15-6-8-16(25-3)9-7-15)23-18-17-10-13-26-19(17)21(18)11-5-12-21/h6-9,17-19H,4-5,10-14H2,1-3H3,(H,22,23). The molecule has 0 bridgehead atoms. The van der Waals surface area contributed by atoms with Gasteiger partial charge in [-0.15, -0.1) is 0 Å². The Morgan fingerprint density at radius 3 is 2.73 bits per heavy atom. The molecule has 1 spiro atoms. The molecule has 0 aromatic heterocycles. The molecule has 3 unspecified atom stereocenters. The summed E-state index contributed by atoms with van der Waals surface area (Å²) in [6.45, 7) is 4.65. The third kappa shape index (κ3) is 2.86. The van der Waals surface area contributed by atoms with Crippen LogP contribution in [0.25, 0.3) is 0 Å². The van der Waals surface area contributed by atoms with E-state index in [0.717, 1.165) is 31.4 Å². The molecule has 26 heavy (non-hydrogen) atoms. The summed E-state index contributed by atoms with van der Waals surface area (Å²) in [6.07, 6.45) is 5.61. The van der Waals surface area contributed by atoms with E-state index >= 15 is 0 Å². The van der Waals surface area contributed by atoms with Gasteiger partial charge in [0.2, 0.25) is 0 Å². The van der Waals surface area contributed by atoms with Gasteiger partial charge in [-0.2, -0.15) is 0 Å². The highest BCUT2D eigenvalue weighted by Crippen LogP contribution is 2.62. The molecule has 3 aliphatic rings. The number of aliphatic imine (C=N–C) groups is 1. The van der Waals surface area contributed by atoms with Crippen molar-refractivity contribution in [2.24, 2.45) is 16.3 Å². The molecule has 1 heterocycles. The number of guanidine groups is 1. The van der Waals surface area contributed by atoms with Crippen molar-refractivity contribution in [3.05, 3.63) is 29.8 Å². The Morgan fingerprint density at radius 2 is 2.12 bits per heavy atom. The Bertz CT molecular complexity index is 654. The number of nitrogens with zero attached hydrogens (tertiary/aromatic N) is 2. The van der Waals surface area contributed by atoms with Crippen molar-refractivity contribution < 1.29 is 9.47 Å². The van der Waals surface area contributed by atoms with Crippen molar-refractivity contribution in [2.45, 2.75) is 51.3 Å². The minimum absolute atomic E-state index is 0.372. The third-order valence-corrected chi connectivity index (χ3v) is 6.57. The minimum Gasteiger partial charge on any atom is -0.497 e. The van der Waals surface area contributed by atoms with Crippen LogP contribution in [-0.2, 0) is 11.3 Å². The van der Waals surface area contributed by atoms with E-state index in [-0.39, 0.29) is 0 Å². The van der Waals surface area contributed by atoms with Crippen LogP contribution in [0.3, 0.4) is 0 Å². The summed E-state index contributed by atoms with van der Waals surface area (Å²) in [6, 6.07) is 8.80. The lowest BCUT2D eigenvalue weighted by molar-refractivity contribution is -0.171. The van der Waals surface area contributed by atoms with Gasteiger partial charge >= 0.3 is 0 Å². The fourth-order valence-corrected chi connectivity index (χ4v) is 5.10. The van der Waals surface area contributed by atoms with Crippen LogP contribution in [0.2, 0.25) is 0 Å². The summed E-state index contributed by atoms with van der Waals surface area (Å²) < 4.78 is 11.3. The molecule has 142 valence electrons. The first kappa shape index (κ1) is 17.7. The molecule has 1 aromatic rings. The summed E-state index contributed by atoms with van der Waals surface area (Å²) in [5.41, 5.74) is 1.63. The topological polar surface area (TPSA) is 46.1 Å². The van der Waals surface area contributed by atoms with Crippen LogP contribution in [0.4, 0.5) is 0 Å². The number of methoxy groups -OCH3 is 1. The molecule has 5 nitrogen and oxygen atoms in total. The van der Waals surface area contributed by atoms with Crippen molar-refractivity contribution in [1.29, 1.82) is 0 Å². The average Bonchev–Trinajstić information content (AvgIpc) is 3.03. The second-order valence-electron chi connectivity index (χ2n) is 7.95. The van der Waals surface area contributed by atoms with E-state index < -0.39 is 0 Å². The number of benzene rings is 1. The zero-order valence-corrected chi connectivity index (χ0v) is 16.2. The van der Waals surface area contributed by atoms with Crippen molar-refractivity contribution in [1.82, 2.24) is 10.2 Å². The van der Waals surface area contributed by atoms with E-state index in [1.54, 1.807) is 7.11 Å². The Hall–Kier alpha value is -1.75. The van der Waals surface area contributed by atoms with Gasteiger partial charge in [-0.3, -0.25) is 4.99 Å². The maximum atomic E-state index is 6.05. The van der Waals surface area contributed by atoms with Crippen LogP contribution in [0.5, 0.6) is 5.75 Å². The average molecular weight is 357 g/mol. The molecule has 1 aliphatic heterocycles. The van der Waals surface area contributed by atoms with E-state index in [4.69, 9.17) is 14.5 Å². The SMILES string of the molecule is CCN=C(NC1C2CCOC2C12CCC2)N(C)Cc1ccc(OC)cc1. The first-order valence-corrected chi connectivity index (χ1v) is 9.94. The van der Waals surface area contributed by atoms with Crippen LogP contribution in [0, 0.1) is 11.3 Å². The molecule has 1 saturated heterocycles. The van der Waals surface area contributed by atoms with Gasteiger partial charge in [-0.05, 0) is 43.9 Å². The van der Waals surface area contributed by atoms with Gasteiger partial charge < -0.3 is 19.7 Å². The van der Waals surface area contributed by atoms with Crippen molar-refractivity contribution in [3.8, 4) is 5.75 Å². The summed E-state index contributed by atoms with van der Waals surface area (Å²) in [5, 5.41) is 3.83. The van der Waals surface area contributed by atoms with Crippen molar-refractivity contribution >= 4 is 5.96 Å². The highest BCUT2D eigenvalue weighted by atomic mass is 16.5. The highest BCUT2D eigenvalue weighted by molar-refractivity contribution is 5.80. The van der Waals surface area contributed by atoms with Gasteiger partial charge in [0.1, 0.15) is 5.75 Å². The summed E-state index contributed by atoms with van der Waals surface area (Å²) in [7, 11) is 3.83. The first-order chi connectivity index (χ1) is 12.7. The number of hydrogen-bond donors (Lipinski definition) is 1. The highest BCUT2D eigenvalue weighted by Gasteiger charge is 2.66. The fourth-order valence-electron chi connectivity index (χ4n) is 5.10. The second-order valence-corrected chi connectivity index (χ2v) is 7.95. The lowest BCUT2D eigenvalue weighted by atomic mass is 9.46. The Balaban J connectivity index is 1.44. The van der Waals surface area contributed by atoms with Crippen LogP contribution in [0.15, 0.2) is 29.3 Å². The lowest BCUT2D eigenvalue weighted by Crippen LogP contribution is -2.72. The molecule has 1 N–H and O–H groups in total. The predicted octanol–water partition coefficient (Wildman–Crippen LogP) is 3.05. The Morgan fingerprint density at radius 1 is 1.35 bits per heavy atom. The van der Waals surface area contributed by atoms with Crippen LogP contribution < -0.4 is 10.1 Å². The van der Waals surface area contributed by atoms with Crippen molar-refractivity contribution in [2.75, 3.05) is 27.3 Å². The summed E-state index contributed by atoms with van der Waals surface area (Å²) >= 11 is 0. The summed E-state index contributed by atoms with van der Waals surface area (Å²) in [5.74, 6) is 2.57. The van der Waals surface area contributed by atoms with Gasteiger partial charge in [0.15, 0.2) is 5.96 Å². The summed E-state index contributed by atoms with van der Waals surface area (Å²) in [4.78, 5) is 7.02. The number of ether oxygens (including phenoxy) is 2. The van der Waals surface area contributed by atoms with Crippen LogP contribution in [0.1, 0.15) is 38.2 Å². The van der Waals surface area contributed by atoms with Crippen LogP contribution in [-0.4, -0.2) is 50.3 Å². The molecule has 2 aliphatic carbocycles. The molecular formula is C21H31N3O2. The number of nitrogens with one attached hydrogen (secondary N) is 1. The number of rotatable bonds is 5. The Kier molecular flexibility index (Phi) is 4.82. The normalized spacial score (nSPS) is 28.9. The molecule has 2 saturated carbocycles. The zero-order chi connectivity index (χ0) is 18.1. The lowest BCUT2D eigenvalue weighted by Gasteiger charge is -2.63. The maximum Gasteiger partial charge on any atom is 0.194 e. The fraction of sp³-hybridized carbons (Fsp3) is 0.667. The molecule has 0 radical (unpaired) electrons. The Labute approximate surface area is 156 Å². The minimum atomic E-state index is 0.372. The molecule has 3 atom stereocenters.